The van der Waals surface area contributed by atoms with E-state index >= 15 is 0 Å². The van der Waals surface area contributed by atoms with Crippen molar-refractivity contribution in [2.45, 2.75) is 42.7 Å². The first kappa shape index (κ1) is 25.2. The van der Waals surface area contributed by atoms with Gasteiger partial charge in [0.25, 0.3) is 0 Å². The van der Waals surface area contributed by atoms with Crippen LogP contribution in [-0.4, -0.2) is 126 Å². The van der Waals surface area contributed by atoms with Gasteiger partial charge in [-0.3, -0.25) is 4.79 Å². The Hall–Kier alpha value is -1.06. The second-order valence-electron chi connectivity index (χ2n) is 4.67. The number of hydrogen-bond donors (Lipinski definition) is 10. The first-order valence-electron chi connectivity index (χ1n) is 6.65. The van der Waals surface area contributed by atoms with Crippen LogP contribution in [0.25, 0.3) is 0 Å². The molecule has 24 heavy (non-hydrogen) atoms. The number of aldehydes is 1. The highest BCUT2D eigenvalue weighted by molar-refractivity contribution is 5.84. The third-order valence-corrected chi connectivity index (χ3v) is 2.81. The van der Waals surface area contributed by atoms with Crippen molar-refractivity contribution in [3.63, 3.8) is 0 Å². The monoisotopic (exact) mass is 360 g/mol. The molecule has 0 aliphatic rings. The van der Waals surface area contributed by atoms with Gasteiger partial charge in [-0.2, -0.15) is 0 Å². The number of hydrogen-bond acceptors (Lipinski definition) is 12. The van der Waals surface area contributed by atoms with Crippen LogP contribution >= 0.6 is 0 Å². The Morgan fingerprint density at radius 1 is 0.750 bits per heavy atom. The molecule has 0 aromatic carbocycles. The molecule has 0 saturated heterocycles. The van der Waals surface area contributed by atoms with E-state index in [1.54, 1.807) is 0 Å². The van der Waals surface area contributed by atoms with Crippen molar-refractivity contribution in [3.05, 3.63) is 0 Å². The number of carbonyl (C=O) groups excluding carboxylic acids is 2. The molecule has 0 radical (unpaired) electrons. The summed E-state index contributed by atoms with van der Waals surface area (Å²) in [5, 5.41) is 86.6. The van der Waals surface area contributed by atoms with E-state index in [1.165, 1.54) is 0 Å². The summed E-state index contributed by atoms with van der Waals surface area (Å²) in [4.78, 5) is 20.4. The first-order chi connectivity index (χ1) is 11.1. The largest absolute Gasteiger partial charge is 0.394 e. The van der Waals surface area contributed by atoms with E-state index in [-0.39, 0.29) is 6.29 Å². The van der Waals surface area contributed by atoms with E-state index in [0.717, 1.165) is 0 Å². The van der Waals surface area contributed by atoms with Crippen molar-refractivity contribution >= 4 is 12.1 Å². The molecule has 0 bridgehead atoms. The van der Waals surface area contributed by atoms with Crippen LogP contribution in [0, 0.1) is 0 Å². The maximum Gasteiger partial charge on any atom is 0.189 e. The van der Waals surface area contributed by atoms with Gasteiger partial charge < -0.3 is 55.9 Å². The Morgan fingerprint density at radius 2 is 1.17 bits per heavy atom. The molecule has 7 atom stereocenters. The molecule has 10 N–H and O–H groups in total. The average Bonchev–Trinajstić information content (AvgIpc) is 2.62. The summed E-state index contributed by atoms with van der Waals surface area (Å²) in [7, 11) is 0. The molecular formula is C12H24O12. The van der Waals surface area contributed by atoms with Gasteiger partial charge in [-0.05, 0) is 0 Å². The summed E-state index contributed by atoms with van der Waals surface area (Å²) in [5.74, 6) is -1.00. The molecule has 0 amide bonds. The Bertz CT molecular complexity index is 351. The smallest absolute Gasteiger partial charge is 0.189 e. The van der Waals surface area contributed by atoms with Gasteiger partial charge >= 0.3 is 0 Å². The van der Waals surface area contributed by atoms with Gasteiger partial charge in [-0.15, -0.1) is 0 Å². The van der Waals surface area contributed by atoms with Crippen molar-refractivity contribution in [3.8, 4) is 0 Å². The highest BCUT2D eigenvalue weighted by atomic mass is 16.4. The summed E-state index contributed by atoms with van der Waals surface area (Å²) in [6.07, 6.45) is -12.1. The number of aliphatic hydroxyl groups is 10. The number of Topliss-reactive ketones (excluding diaryl/α,β-unsaturated/α-hetero) is 1. The minimum atomic E-state index is -1.86. The molecule has 144 valence electrons. The second-order valence-corrected chi connectivity index (χ2v) is 4.67. The predicted octanol–water partition coefficient (Wildman–Crippen LogP) is -6.76. The van der Waals surface area contributed by atoms with Gasteiger partial charge in [-0.1, -0.05) is 0 Å². The minimum absolute atomic E-state index is 0.0258. The first-order valence-corrected chi connectivity index (χ1v) is 6.65. The maximum absolute atomic E-state index is 10.5. The van der Waals surface area contributed by atoms with E-state index in [9.17, 15) is 9.59 Å². The highest BCUT2D eigenvalue weighted by Crippen LogP contribution is 2.03. The van der Waals surface area contributed by atoms with Crippen molar-refractivity contribution in [2.75, 3.05) is 19.8 Å². The van der Waals surface area contributed by atoms with Gasteiger partial charge in [0.15, 0.2) is 12.1 Å². The van der Waals surface area contributed by atoms with Gasteiger partial charge in [-0.25, -0.2) is 0 Å². The molecule has 0 heterocycles. The molecule has 0 saturated carbocycles. The third kappa shape index (κ3) is 8.70. The lowest BCUT2D eigenvalue weighted by Crippen LogP contribution is -2.46. The van der Waals surface area contributed by atoms with E-state index in [2.05, 4.69) is 0 Å². The molecule has 0 fully saturated rings. The van der Waals surface area contributed by atoms with Gasteiger partial charge in [0.2, 0.25) is 0 Å². The molecule has 0 aromatic heterocycles. The summed E-state index contributed by atoms with van der Waals surface area (Å²) in [5.41, 5.74) is 0. The van der Waals surface area contributed by atoms with Crippen LogP contribution in [-0.2, 0) is 9.59 Å². The number of ketones is 1. The maximum atomic E-state index is 10.5. The van der Waals surface area contributed by atoms with Crippen molar-refractivity contribution in [1.82, 2.24) is 0 Å². The Morgan fingerprint density at radius 3 is 1.50 bits per heavy atom. The van der Waals surface area contributed by atoms with Crippen LogP contribution in [0.3, 0.4) is 0 Å². The topological polar surface area (TPSA) is 236 Å². The number of aliphatic hydroxyl groups excluding tert-OH is 10. The quantitative estimate of drug-likeness (QED) is 0.164. The second kappa shape index (κ2) is 13.3. The van der Waals surface area contributed by atoms with Crippen LogP contribution in [0.5, 0.6) is 0 Å². The third-order valence-electron chi connectivity index (χ3n) is 2.81. The molecule has 0 aliphatic heterocycles. The van der Waals surface area contributed by atoms with Gasteiger partial charge in [0.1, 0.15) is 49.3 Å². The number of carbonyl (C=O) groups is 2. The molecule has 12 nitrogen and oxygen atoms in total. The summed E-state index contributed by atoms with van der Waals surface area (Å²) >= 11 is 0. The zero-order valence-electron chi connectivity index (χ0n) is 12.5. The van der Waals surface area contributed by atoms with Crippen molar-refractivity contribution in [1.29, 1.82) is 0 Å². The van der Waals surface area contributed by atoms with Crippen LogP contribution in [0.15, 0.2) is 0 Å². The Labute approximate surface area is 136 Å². The normalized spacial score (nSPS) is 19.8. The highest BCUT2D eigenvalue weighted by Gasteiger charge is 2.30. The van der Waals surface area contributed by atoms with Crippen molar-refractivity contribution < 1.29 is 60.7 Å². The summed E-state index contributed by atoms with van der Waals surface area (Å²) in [6.45, 7) is -2.45. The molecule has 0 aliphatic carbocycles. The fourth-order valence-corrected chi connectivity index (χ4v) is 1.22. The minimum Gasteiger partial charge on any atom is -0.394 e. The van der Waals surface area contributed by atoms with E-state index < -0.39 is 68.3 Å². The van der Waals surface area contributed by atoms with E-state index in [0.29, 0.717) is 0 Å². The summed E-state index contributed by atoms with van der Waals surface area (Å²) in [6, 6.07) is 0. The average molecular weight is 360 g/mol. The van der Waals surface area contributed by atoms with Crippen LogP contribution in [0.4, 0.5) is 0 Å². The summed E-state index contributed by atoms with van der Waals surface area (Å²) < 4.78 is 0. The molecular weight excluding hydrogens is 336 g/mol. The SMILES string of the molecule is O=C(CO)[C@@H](O)[C@H](O)[C@@H](O)CO.O=C[C@H](O)[C@@H](O)[C@H](O)[C@H](O)CO. The fraction of sp³-hybridized carbons (Fsp3) is 0.833. The van der Waals surface area contributed by atoms with Gasteiger partial charge in [0.05, 0.1) is 13.2 Å². The molecule has 12 heteroatoms. The van der Waals surface area contributed by atoms with Crippen LogP contribution in [0.1, 0.15) is 0 Å². The lowest BCUT2D eigenvalue weighted by atomic mass is 10.0. The predicted molar refractivity (Wildman–Crippen MR) is 74.4 cm³/mol. The van der Waals surface area contributed by atoms with Crippen LogP contribution < -0.4 is 0 Å². The zero-order chi connectivity index (χ0) is 19.4. The van der Waals surface area contributed by atoms with E-state index in [1.807, 2.05) is 0 Å². The Balaban J connectivity index is 0. The van der Waals surface area contributed by atoms with Crippen LogP contribution in [0.2, 0.25) is 0 Å². The molecule has 0 aromatic rings. The Kier molecular flexibility index (Phi) is 13.9. The lowest BCUT2D eigenvalue weighted by molar-refractivity contribution is -0.142. The van der Waals surface area contributed by atoms with Gasteiger partial charge in [0, 0.05) is 0 Å². The van der Waals surface area contributed by atoms with E-state index in [4.69, 9.17) is 51.1 Å². The zero-order valence-corrected chi connectivity index (χ0v) is 12.5. The van der Waals surface area contributed by atoms with Crippen molar-refractivity contribution in [2.24, 2.45) is 0 Å². The molecule has 0 rings (SSSR count). The fourth-order valence-electron chi connectivity index (χ4n) is 1.22. The molecule has 0 spiro atoms. The standard InChI is InChI=1S/2C6H12O6/c2*7-1-3(9)5(11)6(12)4(10)2-8/h3,5-9,11-12H,1-2H2;1,3-6,8-12H,2H2/t3-,5+,6+;3-,4+,5+,6+/m00/s1. The lowest BCUT2D eigenvalue weighted by Gasteiger charge is -2.22. The number of rotatable bonds is 10. The molecule has 0 unspecified atom stereocenters.